The molecule has 1 unspecified atom stereocenters. The van der Waals surface area contributed by atoms with Crippen molar-refractivity contribution in [2.45, 2.75) is 57.8 Å². The number of hydrogen-bond acceptors (Lipinski definition) is 1. The summed E-state index contributed by atoms with van der Waals surface area (Å²) in [5.41, 5.74) is 8.80. The van der Waals surface area contributed by atoms with Crippen LogP contribution in [0.2, 0.25) is 0 Å². The van der Waals surface area contributed by atoms with Crippen LogP contribution in [0.3, 0.4) is 0 Å². The summed E-state index contributed by atoms with van der Waals surface area (Å²) in [6.45, 7) is 3.06. The van der Waals surface area contributed by atoms with E-state index in [1.807, 2.05) is 0 Å². The first-order valence-corrected chi connectivity index (χ1v) is 7.64. The molecule has 0 aliphatic heterocycles. The predicted octanol–water partition coefficient (Wildman–Crippen LogP) is 4.26. The molecule has 1 atom stereocenters. The van der Waals surface area contributed by atoms with Gasteiger partial charge in [-0.05, 0) is 55.2 Å². The fourth-order valence-electron chi connectivity index (χ4n) is 3.43. The summed E-state index contributed by atoms with van der Waals surface area (Å²) in [6.07, 6.45) is 9.22. The van der Waals surface area contributed by atoms with Crippen LogP contribution in [-0.4, -0.2) is 6.54 Å². The third kappa shape index (κ3) is 3.35. The minimum Gasteiger partial charge on any atom is -0.330 e. The van der Waals surface area contributed by atoms with E-state index in [2.05, 4.69) is 31.2 Å². The van der Waals surface area contributed by atoms with Gasteiger partial charge in [0.2, 0.25) is 0 Å². The molecule has 1 saturated carbocycles. The molecule has 1 aromatic rings. The standard InChI is InChI=1S/C17H27N/c1-2-5-14-8-10-16(11-9-14)17(12-13-18)15-6-3-4-7-15/h8-11,15,17H,2-7,12-13,18H2,1H3. The molecule has 1 nitrogen and oxygen atoms in total. The van der Waals surface area contributed by atoms with Gasteiger partial charge in [0.15, 0.2) is 0 Å². The average Bonchev–Trinajstić information content (AvgIpc) is 2.91. The highest BCUT2D eigenvalue weighted by atomic mass is 14.5. The minimum atomic E-state index is 0.702. The van der Waals surface area contributed by atoms with E-state index in [0.717, 1.165) is 18.9 Å². The van der Waals surface area contributed by atoms with Crippen LogP contribution in [0.5, 0.6) is 0 Å². The zero-order valence-electron chi connectivity index (χ0n) is 11.7. The normalized spacial score (nSPS) is 18.1. The van der Waals surface area contributed by atoms with E-state index in [1.54, 1.807) is 0 Å². The number of aryl methyl sites for hydroxylation is 1. The maximum Gasteiger partial charge on any atom is -0.00713 e. The van der Waals surface area contributed by atoms with Crippen LogP contribution in [0, 0.1) is 5.92 Å². The minimum absolute atomic E-state index is 0.702. The van der Waals surface area contributed by atoms with Crippen molar-refractivity contribution in [1.29, 1.82) is 0 Å². The maximum atomic E-state index is 5.81. The zero-order valence-corrected chi connectivity index (χ0v) is 11.7. The average molecular weight is 245 g/mol. The molecule has 1 heteroatoms. The van der Waals surface area contributed by atoms with Gasteiger partial charge in [-0.3, -0.25) is 0 Å². The van der Waals surface area contributed by atoms with Crippen LogP contribution in [0.4, 0.5) is 0 Å². The van der Waals surface area contributed by atoms with Crippen molar-refractivity contribution in [3.8, 4) is 0 Å². The molecule has 2 N–H and O–H groups in total. The molecule has 1 aromatic carbocycles. The van der Waals surface area contributed by atoms with Crippen LogP contribution in [-0.2, 0) is 6.42 Å². The van der Waals surface area contributed by atoms with Crippen molar-refractivity contribution < 1.29 is 0 Å². The molecule has 2 rings (SSSR count). The van der Waals surface area contributed by atoms with Crippen molar-refractivity contribution in [3.05, 3.63) is 35.4 Å². The Hall–Kier alpha value is -0.820. The summed E-state index contributed by atoms with van der Waals surface area (Å²) in [5, 5.41) is 0. The third-order valence-corrected chi connectivity index (χ3v) is 4.39. The molecule has 100 valence electrons. The summed E-state index contributed by atoms with van der Waals surface area (Å²) in [4.78, 5) is 0. The lowest BCUT2D eigenvalue weighted by molar-refractivity contribution is 0.415. The largest absolute Gasteiger partial charge is 0.330 e. The Morgan fingerprint density at radius 2 is 1.83 bits per heavy atom. The molecule has 0 spiro atoms. The summed E-state index contributed by atoms with van der Waals surface area (Å²) >= 11 is 0. The van der Waals surface area contributed by atoms with E-state index >= 15 is 0 Å². The molecule has 0 aromatic heterocycles. The van der Waals surface area contributed by atoms with Gasteiger partial charge < -0.3 is 5.73 Å². The second kappa shape index (κ2) is 6.94. The first kappa shape index (κ1) is 13.6. The number of benzene rings is 1. The van der Waals surface area contributed by atoms with Gasteiger partial charge in [0.25, 0.3) is 0 Å². The zero-order chi connectivity index (χ0) is 12.8. The quantitative estimate of drug-likeness (QED) is 0.796. The fraction of sp³-hybridized carbons (Fsp3) is 0.647. The van der Waals surface area contributed by atoms with Gasteiger partial charge in [-0.1, -0.05) is 50.5 Å². The Labute approximate surface area is 112 Å². The van der Waals surface area contributed by atoms with Crippen molar-refractivity contribution in [2.75, 3.05) is 6.54 Å². The van der Waals surface area contributed by atoms with Crippen LogP contribution in [0.25, 0.3) is 0 Å². The van der Waals surface area contributed by atoms with Crippen molar-refractivity contribution in [2.24, 2.45) is 11.7 Å². The highest BCUT2D eigenvalue weighted by Gasteiger charge is 2.25. The van der Waals surface area contributed by atoms with Gasteiger partial charge in [-0.25, -0.2) is 0 Å². The smallest absolute Gasteiger partial charge is 0.00713 e. The Balaban J connectivity index is 2.09. The molecular formula is C17H27N. The molecule has 0 amide bonds. The summed E-state index contributed by atoms with van der Waals surface area (Å²) in [7, 11) is 0. The van der Waals surface area contributed by atoms with Gasteiger partial charge in [-0.2, -0.15) is 0 Å². The summed E-state index contributed by atoms with van der Waals surface area (Å²) < 4.78 is 0. The Morgan fingerprint density at radius 1 is 1.17 bits per heavy atom. The second-order valence-corrected chi connectivity index (χ2v) is 5.72. The molecule has 1 aliphatic carbocycles. The van der Waals surface area contributed by atoms with Gasteiger partial charge in [0.1, 0.15) is 0 Å². The highest BCUT2D eigenvalue weighted by molar-refractivity contribution is 5.26. The van der Waals surface area contributed by atoms with Crippen LogP contribution < -0.4 is 5.73 Å². The van der Waals surface area contributed by atoms with Crippen molar-refractivity contribution >= 4 is 0 Å². The second-order valence-electron chi connectivity index (χ2n) is 5.72. The van der Waals surface area contributed by atoms with Gasteiger partial charge in [-0.15, -0.1) is 0 Å². The summed E-state index contributed by atoms with van der Waals surface area (Å²) in [6, 6.07) is 9.34. The fourth-order valence-corrected chi connectivity index (χ4v) is 3.43. The van der Waals surface area contributed by atoms with Crippen LogP contribution >= 0.6 is 0 Å². The molecule has 18 heavy (non-hydrogen) atoms. The Kier molecular flexibility index (Phi) is 5.25. The van der Waals surface area contributed by atoms with Gasteiger partial charge >= 0.3 is 0 Å². The Morgan fingerprint density at radius 3 is 2.39 bits per heavy atom. The van der Waals surface area contributed by atoms with Crippen molar-refractivity contribution in [1.82, 2.24) is 0 Å². The van der Waals surface area contributed by atoms with E-state index in [4.69, 9.17) is 5.73 Å². The molecule has 0 bridgehead atoms. The topological polar surface area (TPSA) is 26.0 Å². The number of hydrogen-bond donors (Lipinski definition) is 1. The lowest BCUT2D eigenvalue weighted by atomic mass is 9.82. The molecule has 0 radical (unpaired) electrons. The lowest BCUT2D eigenvalue weighted by Gasteiger charge is -2.23. The lowest BCUT2D eigenvalue weighted by Crippen LogP contribution is -2.14. The van der Waals surface area contributed by atoms with E-state index in [-0.39, 0.29) is 0 Å². The van der Waals surface area contributed by atoms with E-state index in [9.17, 15) is 0 Å². The van der Waals surface area contributed by atoms with E-state index < -0.39 is 0 Å². The first-order valence-electron chi connectivity index (χ1n) is 7.64. The Bertz CT molecular complexity index is 335. The third-order valence-electron chi connectivity index (χ3n) is 4.39. The van der Waals surface area contributed by atoms with Gasteiger partial charge in [0, 0.05) is 0 Å². The van der Waals surface area contributed by atoms with E-state index in [1.165, 1.54) is 49.7 Å². The first-order chi connectivity index (χ1) is 8.85. The van der Waals surface area contributed by atoms with E-state index in [0.29, 0.717) is 5.92 Å². The monoisotopic (exact) mass is 245 g/mol. The highest BCUT2D eigenvalue weighted by Crippen LogP contribution is 2.39. The number of rotatable bonds is 6. The molecule has 0 saturated heterocycles. The van der Waals surface area contributed by atoms with Gasteiger partial charge in [0.05, 0.1) is 0 Å². The molecule has 1 aliphatic rings. The predicted molar refractivity (Wildman–Crippen MR) is 78.8 cm³/mol. The summed E-state index contributed by atoms with van der Waals surface area (Å²) in [5.74, 6) is 1.58. The van der Waals surface area contributed by atoms with Crippen LogP contribution in [0.15, 0.2) is 24.3 Å². The SMILES string of the molecule is CCCc1ccc(C(CCN)C2CCCC2)cc1. The van der Waals surface area contributed by atoms with Crippen molar-refractivity contribution in [3.63, 3.8) is 0 Å². The maximum absolute atomic E-state index is 5.81. The van der Waals surface area contributed by atoms with Crippen LogP contribution in [0.1, 0.15) is 62.5 Å². The molecule has 1 fully saturated rings. The molecule has 0 heterocycles. The number of nitrogens with two attached hydrogens (primary N) is 1. The molecular weight excluding hydrogens is 218 g/mol.